The highest BCUT2D eigenvalue weighted by molar-refractivity contribution is 7.85. The predicted octanol–water partition coefficient (Wildman–Crippen LogP) is 1.47. The molecule has 272 valence electrons. The summed E-state index contributed by atoms with van der Waals surface area (Å²) < 4.78 is 105. The van der Waals surface area contributed by atoms with Gasteiger partial charge in [0.05, 0.1) is 12.6 Å². The number of carboxylic acids is 3. The minimum Gasteiger partial charge on any atom is -0.480 e. The summed E-state index contributed by atoms with van der Waals surface area (Å²) in [6.07, 6.45) is -9.14. The highest BCUT2D eigenvalue weighted by Crippen LogP contribution is 2.23. The molecule has 1 aromatic carbocycles. The smallest absolute Gasteiger partial charge is 0.480 e. The summed E-state index contributed by atoms with van der Waals surface area (Å²) in [5.74, 6) is -9.31. The average molecular weight is 737 g/mol. The van der Waals surface area contributed by atoms with Crippen LogP contribution in [0.3, 0.4) is 0 Å². The highest BCUT2D eigenvalue weighted by atomic mass is 32.2. The van der Waals surface area contributed by atoms with E-state index in [2.05, 4.69) is 5.32 Å². The number of ether oxygens (including phenoxy) is 1. The number of likely N-dealkylation sites (tertiary alicyclic amines) is 1. The molecule has 1 aliphatic heterocycles. The van der Waals surface area contributed by atoms with Gasteiger partial charge in [0, 0.05) is 5.56 Å². The van der Waals surface area contributed by atoms with Crippen molar-refractivity contribution < 1.29 is 87.8 Å². The minimum atomic E-state index is -5.08. The first-order chi connectivity index (χ1) is 22.3. The van der Waals surface area contributed by atoms with Gasteiger partial charge < -0.3 is 35.5 Å². The molecule has 1 fully saturated rings. The zero-order valence-electron chi connectivity index (χ0n) is 24.3. The fraction of sp³-hybridized carbons (Fsp3) is 0.360. The topological polar surface area (TPSA) is 288 Å². The number of nitrogens with one attached hydrogen (secondary N) is 2. The molecule has 24 heteroatoms. The SMILES string of the molecule is N=C(N)c1ccc(OC(=O)c2ccc(CN3CCC[C@H]3C(=O)N[C@@H](CS(=O)(=O)O)C(=O)O)o2)cc1.O=C(O)C(F)(F)F.O=C(O)C(F)(F)F. The number of carbonyl (C=O) groups excluding carboxylic acids is 2. The van der Waals surface area contributed by atoms with E-state index < -0.39 is 70.1 Å². The van der Waals surface area contributed by atoms with E-state index in [1.165, 1.54) is 30.3 Å². The molecule has 1 saturated heterocycles. The lowest BCUT2D eigenvalue weighted by atomic mass is 10.2. The van der Waals surface area contributed by atoms with E-state index >= 15 is 0 Å². The van der Waals surface area contributed by atoms with Crippen LogP contribution in [0.15, 0.2) is 40.8 Å². The first-order valence-corrected chi connectivity index (χ1v) is 14.5. The number of nitrogen functional groups attached to an aromatic ring is 1. The van der Waals surface area contributed by atoms with Crippen molar-refractivity contribution in [2.75, 3.05) is 12.3 Å². The first kappa shape index (κ1) is 41.8. The summed E-state index contributed by atoms with van der Waals surface area (Å²) in [6.45, 7) is 0.617. The van der Waals surface area contributed by atoms with Gasteiger partial charge in [0.1, 0.15) is 29.1 Å². The number of amidine groups is 1. The maximum atomic E-state index is 12.6. The molecule has 0 unspecified atom stereocenters. The second-order valence-electron chi connectivity index (χ2n) is 9.48. The number of rotatable bonds is 10. The Labute approximate surface area is 270 Å². The number of halogens is 6. The van der Waals surface area contributed by atoms with Crippen LogP contribution in [0.1, 0.15) is 34.7 Å². The van der Waals surface area contributed by atoms with E-state index in [1.54, 1.807) is 11.0 Å². The van der Waals surface area contributed by atoms with Gasteiger partial charge in [-0.2, -0.15) is 34.8 Å². The van der Waals surface area contributed by atoms with Crippen LogP contribution in [-0.4, -0.2) is 106 Å². The van der Waals surface area contributed by atoms with Crippen molar-refractivity contribution in [3.05, 3.63) is 53.5 Å². The van der Waals surface area contributed by atoms with Crippen LogP contribution in [0.4, 0.5) is 26.3 Å². The van der Waals surface area contributed by atoms with Crippen molar-refractivity contribution in [2.45, 2.75) is 43.8 Å². The lowest BCUT2D eigenvalue weighted by molar-refractivity contribution is -0.193. The van der Waals surface area contributed by atoms with Crippen molar-refractivity contribution >= 4 is 45.7 Å². The summed E-state index contributed by atoms with van der Waals surface area (Å²) >= 11 is 0. The Morgan fingerprint density at radius 1 is 0.980 bits per heavy atom. The van der Waals surface area contributed by atoms with Gasteiger partial charge in [-0.05, 0) is 55.8 Å². The third kappa shape index (κ3) is 15.0. The lowest BCUT2D eigenvalue weighted by Crippen LogP contribution is -2.51. The summed E-state index contributed by atoms with van der Waals surface area (Å²) in [6, 6.07) is 6.44. The molecule has 49 heavy (non-hydrogen) atoms. The number of furan rings is 1. The van der Waals surface area contributed by atoms with Gasteiger partial charge in [-0.25, -0.2) is 19.2 Å². The van der Waals surface area contributed by atoms with E-state index in [0.29, 0.717) is 30.7 Å². The summed E-state index contributed by atoms with van der Waals surface area (Å²) in [7, 11) is -4.62. The minimum absolute atomic E-state index is 0.0741. The summed E-state index contributed by atoms with van der Waals surface area (Å²) in [4.78, 5) is 55.7. The second kappa shape index (κ2) is 17.3. The first-order valence-electron chi connectivity index (χ1n) is 12.9. The molecule has 2 heterocycles. The number of hydrogen-bond donors (Lipinski definition) is 7. The third-order valence-corrected chi connectivity index (χ3v) is 6.50. The monoisotopic (exact) mass is 736 g/mol. The number of alkyl halides is 6. The van der Waals surface area contributed by atoms with Crippen molar-refractivity contribution in [1.29, 1.82) is 5.41 Å². The molecule has 0 bridgehead atoms. The average Bonchev–Trinajstić information content (AvgIpc) is 3.62. The van der Waals surface area contributed by atoms with E-state index in [1.807, 2.05) is 0 Å². The van der Waals surface area contributed by atoms with Crippen LogP contribution in [0.2, 0.25) is 0 Å². The number of hydrogen-bond acceptors (Lipinski definition) is 11. The second-order valence-corrected chi connectivity index (χ2v) is 11.0. The number of nitrogens with zero attached hydrogens (tertiary/aromatic N) is 1. The van der Waals surface area contributed by atoms with Gasteiger partial charge in [0.2, 0.25) is 11.7 Å². The number of esters is 1. The predicted molar refractivity (Wildman–Crippen MR) is 148 cm³/mol. The van der Waals surface area contributed by atoms with Crippen molar-refractivity contribution in [3.8, 4) is 5.75 Å². The van der Waals surface area contributed by atoms with Gasteiger partial charge in [-0.3, -0.25) is 19.7 Å². The fourth-order valence-corrected chi connectivity index (χ4v) is 4.25. The maximum absolute atomic E-state index is 12.6. The molecular formula is C25H26F6N4O13S. The molecule has 0 aliphatic carbocycles. The van der Waals surface area contributed by atoms with Crippen molar-refractivity contribution in [1.82, 2.24) is 10.2 Å². The Hall–Kier alpha value is -5.23. The molecule has 1 amide bonds. The largest absolute Gasteiger partial charge is 0.490 e. The number of benzene rings is 1. The molecular weight excluding hydrogens is 710 g/mol. The number of carboxylic acid groups (broad SMARTS) is 3. The third-order valence-electron chi connectivity index (χ3n) is 5.74. The molecule has 1 aliphatic rings. The zero-order chi connectivity index (χ0) is 37.9. The molecule has 17 nitrogen and oxygen atoms in total. The van der Waals surface area contributed by atoms with Crippen LogP contribution >= 0.6 is 0 Å². The number of aliphatic carboxylic acids is 3. The van der Waals surface area contributed by atoms with Crippen LogP contribution in [0, 0.1) is 5.41 Å². The van der Waals surface area contributed by atoms with Gasteiger partial charge >= 0.3 is 36.2 Å². The van der Waals surface area contributed by atoms with Crippen molar-refractivity contribution in [3.63, 3.8) is 0 Å². The normalized spacial score (nSPS) is 15.4. The van der Waals surface area contributed by atoms with Crippen LogP contribution in [0.5, 0.6) is 5.75 Å². The Kier molecular flexibility index (Phi) is 14.7. The molecule has 0 saturated carbocycles. The molecule has 8 N–H and O–H groups in total. The van der Waals surface area contributed by atoms with E-state index in [-0.39, 0.29) is 23.9 Å². The Bertz CT molecular complexity index is 1600. The Morgan fingerprint density at radius 2 is 1.49 bits per heavy atom. The van der Waals surface area contributed by atoms with E-state index in [0.717, 1.165) is 0 Å². The van der Waals surface area contributed by atoms with Gasteiger partial charge in [-0.15, -0.1) is 0 Å². The number of carbonyl (C=O) groups is 5. The van der Waals surface area contributed by atoms with E-state index in [4.69, 9.17) is 49.8 Å². The summed E-state index contributed by atoms with van der Waals surface area (Å²) in [5, 5.41) is 32.9. The standard InChI is InChI=1S/C21H24N4O9S.2C2HF3O2/c22-18(23)12-3-5-13(6-4-12)34-21(29)17-8-7-14(33-17)10-25-9-1-2-16(25)19(26)24-15(20(27)28)11-35(30,31)32;2*3-2(4,5)1(6)7/h3-8,15-16H,1-2,9-11H2,(H3,22,23)(H,24,26)(H,27,28)(H,30,31,32);2*(H,6,7)/t15-,16-;;/m0../s1. The van der Waals surface area contributed by atoms with Crippen LogP contribution < -0.4 is 15.8 Å². The van der Waals surface area contributed by atoms with Gasteiger partial charge in [-0.1, -0.05) is 0 Å². The maximum Gasteiger partial charge on any atom is 0.490 e. The fourth-order valence-electron chi connectivity index (χ4n) is 3.60. The molecule has 1 aromatic heterocycles. The van der Waals surface area contributed by atoms with Crippen LogP contribution in [-0.2, 0) is 35.8 Å². The quantitative estimate of drug-likeness (QED) is 0.0454. The highest BCUT2D eigenvalue weighted by Gasteiger charge is 2.39. The molecule has 0 spiro atoms. The van der Waals surface area contributed by atoms with Gasteiger partial charge in [0.15, 0.2) is 0 Å². The lowest BCUT2D eigenvalue weighted by Gasteiger charge is -2.24. The molecule has 2 aromatic rings. The number of nitrogens with two attached hydrogens (primary N) is 1. The Balaban J connectivity index is 0.000000717. The summed E-state index contributed by atoms with van der Waals surface area (Å²) in [5.41, 5.74) is 5.86. The van der Waals surface area contributed by atoms with E-state index in [9.17, 15) is 49.1 Å². The number of amides is 1. The molecule has 2 atom stereocenters. The van der Waals surface area contributed by atoms with Crippen molar-refractivity contribution in [2.24, 2.45) is 5.73 Å². The van der Waals surface area contributed by atoms with Gasteiger partial charge in [0.25, 0.3) is 10.1 Å². The molecule has 0 radical (unpaired) electrons. The Morgan fingerprint density at radius 3 is 1.92 bits per heavy atom. The van der Waals surface area contributed by atoms with Crippen LogP contribution in [0.25, 0.3) is 0 Å². The zero-order valence-corrected chi connectivity index (χ0v) is 25.1. The molecule has 3 rings (SSSR count).